The number of hydrogen-bond acceptors (Lipinski definition) is 3. The average molecular weight is 451 g/mol. The van der Waals surface area contributed by atoms with E-state index >= 15 is 0 Å². The number of carbonyl (C=O) groups is 1. The van der Waals surface area contributed by atoms with Crippen molar-refractivity contribution >= 4 is 5.97 Å². The minimum absolute atomic E-state index is 0.0744. The molecule has 1 heterocycles. The molecule has 33 heavy (non-hydrogen) atoms. The summed E-state index contributed by atoms with van der Waals surface area (Å²) in [5.41, 5.74) is 2.28. The molecule has 0 spiro atoms. The molecule has 0 aliphatic carbocycles. The van der Waals surface area contributed by atoms with Crippen LogP contribution in [-0.4, -0.2) is 25.8 Å². The maximum absolute atomic E-state index is 12.9. The largest absolute Gasteiger partial charge is 0.478 e. The Kier molecular flexibility index (Phi) is 8.15. The summed E-state index contributed by atoms with van der Waals surface area (Å²) in [7, 11) is 0. The van der Waals surface area contributed by atoms with E-state index in [1.807, 2.05) is 57.8 Å². The fourth-order valence-electron chi connectivity index (χ4n) is 3.84. The molecule has 0 amide bonds. The van der Waals surface area contributed by atoms with Gasteiger partial charge in [0.1, 0.15) is 5.75 Å². The zero-order valence-corrected chi connectivity index (χ0v) is 19.8. The van der Waals surface area contributed by atoms with Crippen molar-refractivity contribution in [3.05, 3.63) is 88.1 Å². The van der Waals surface area contributed by atoms with Gasteiger partial charge >= 0.3 is 11.7 Å². The molecule has 176 valence electrons. The number of aliphatic carboxylic acids is 1. The molecule has 2 aromatic carbocycles. The van der Waals surface area contributed by atoms with Crippen LogP contribution in [0.3, 0.4) is 0 Å². The lowest BCUT2D eigenvalue weighted by Gasteiger charge is -2.21. The summed E-state index contributed by atoms with van der Waals surface area (Å²) < 4.78 is 9.32. The molecule has 1 aromatic heterocycles. The number of rotatable bonds is 12. The average Bonchev–Trinajstić information content (AvgIpc) is 3.09. The maximum Gasteiger partial charge on any atom is 0.347 e. The summed E-state index contributed by atoms with van der Waals surface area (Å²) in [6.07, 6.45) is 6.40. The van der Waals surface area contributed by atoms with Crippen LogP contribution in [0.15, 0.2) is 65.6 Å². The summed E-state index contributed by atoms with van der Waals surface area (Å²) in [6, 6.07) is 17.8. The maximum atomic E-state index is 12.9. The Morgan fingerprint density at radius 2 is 1.61 bits per heavy atom. The predicted molar refractivity (Wildman–Crippen MR) is 130 cm³/mol. The van der Waals surface area contributed by atoms with E-state index < -0.39 is 11.6 Å². The standard InChI is InChI=1S/C27H34N2O4/c1-4-18-29-23(20-28(26(29)32)19-17-21-9-6-5-7-10-21)12-8-11-22-13-15-24(16-14-22)33-27(2,3)25(30)31/h5-7,9-10,13-16,20H,4,8,11-12,17-19H2,1-3H3,(H,30,31). The van der Waals surface area contributed by atoms with Crippen molar-refractivity contribution in [2.75, 3.05) is 0 Å². The Balaban J connectivity index is 1.60. The summed E-state index contributed by atoms with van der Waals surface area (Å²) in [6.45, 7) is 6.57. The Labute approximate surface area is 195 Å². The summed E-state index contributed by atoms with van der Waals surface area (Å²) in [5.74, 6) is -0.459. The van der Waals surface area contributed by atoms with Crippen molar-refractivity contribution in [1.82, 2.24) is 9.13 Å². The number of aromatic nitrogens is 2. The van der Waals surface area contributed by atoms with Crippen LogP contribution in [0.4, 0.5) is 0 Å². The van der Waals surface area contributed by atoms with Crippen LogP contribution in [-0.2, 0) is 37.1 Å². The fraction of sp³-hybridized carbons (Fsp3) is 0.407. The van der Waals surface area contributed by atoms with Crippen LogP contribution in [0.2, 0.25) is 0 Å². The van der Waals surface area contributed by atoms with Crippen molar-refractivity contribution in [2.24, 2.45) is 0 Å². The molecule has 0 aliphatic heterocycles. The predicted octanol–water partition coefficient (Wildman–Crippen LogP) is 4.72. The van der Waals surface area contributed by atoms with Crippen LogP contribution in [0.5, 0.6) is 5.75 Å². The summed E-state index contributed by atoms with van der Waals surface area (Å²) >= 11 is 0. The Morgan fingerprint density at radius 3 is 2.24 bits per heavy atom. The van der Waals surface area contributed by atoms with E-state index in [9.17, 15) is 14.7 Å². The first-order valence-corrected chi connectivity index (χ1v) is 11.6. The Bertz CT molecular complexity index is 1100. The molecule has 0 radical (unpaired) electrons. The molecule has 0 atom stereocenters. The highest BCUT2D eigenvalue weighted by atomic mass is 16.5. The molecule has 3 aromatic rings. The first-order valence-electron chi connectivity index (χ1n) is 11.6. The van der Waals surface area contributed by atoms with Crippen LogP contribution >= 0.6 is 0 Å². The molecule has 1 N–H and O–H groups in total. The van der Waals surface area contributed by atoms with E-state index in [1.165, 1.54) is 19.4 Å². The summed E-state index contributed by atoms with van der Waals surface area (Å²) in [5, 5.41) is 9.20. The van der Waals surface area contributed by atoms with E-state index in [1.54, 1.807) is 0 Å². The van der Waals surface area contributed by atoms with Gasteiger partial charge in [-0.2, -0.15) is 0 Å². The second kappa shape index (κ2) is 11.0. The van der Waals surface area contributed by atoms with Gasteiger partial charge < -0.3 is 9.84 Å². The zero-order valence-electron chi connectivity index (χ0n) is 19.8. The Morgan fingerprint density at radius 1 is 0.939 bits per heavy atom. The molecular formula is C27H34N2O4. The molecule has 6 heteroatoms. The molecule has 0 bridgehead atoms. The highest BCUT2D eigenvalue weighted by molar-refractivity contribution is 5.76. The van der Waals surface area contributed by atoms with Crippen molar-refractivity contribution in [3.63, 3.8) is 0 Å². The fourth-order valence-corrected chi connectivity index (χ4v) is 3.84. The van der Waals surface area contributed by atoms with Crippen LogP contribution in [0, 0.1) is 0 Å². The molecule has 0 unspecified atom stereocenters. The van der Waals surface area contributed by atoms with E-state index in [0.717, 1.165) is 49.9 Å². The lowest BCUT2D eigenvalue weighted by molar-refractivity contribution is -0.152. The van der Waals surface area contributed by atoms with Crippen LogP contribution in [0.1, 0.15) is 50.4 Å². The molecule has 0 saturated heterocycles. The number of ether oxygens (including phenoxy) is 1. The number of carboxylic acid groups (broad SMARTS) is 1. The van der Waals surface area contributed by atoms with Crippen molar-refractivity contribution < 1.29 is 14.6 Å². The minimum Gasteiger partial charge on any atom is -0.478 e. The van der Waals surface area contributed by atoms with Gasteiger partial charge in [-0.15, -0.1) is 0 Å². The van der Waals surface area contributed by atoms with Crippen molar-refractivity contribution in [2.45, 2.75) is 71.6 Å². The molecule has 0 saturated carbocycles. The topological polar surface area (TPSA) is 73.5 Å². The van der Waals surface area contributed by atoms with Crippen LogP contribution < -0.4 is 10.4 Å². The first-order chi connectivity index (χ1) is 15.8. The second-order valence-corrected chi connectivity index (χ2v) is 8.90. The minimum atomic E-state index is -1.27. The van der Waals surface area contributed by atoms with Gasteiger partial charge in [0.25, 0.3) is 0 Å². The number of imidazole rings is 1. The third-order valence-corrected chi connectivity index (χ3v) is 5.77. The van der Waals surface area contributed by atoms with Gasteiger partial charge in [-0.05, 0) is 69.2 Å². The van der Waals surface area contributed by atoms with Gasteiger partial charge in [-0.25, -0.2) is 9.59 Å². The Hall–Kier alpha value is -3.28. The quantitative estimate of drug-likeness (QED) is 0.433. The molecule has 0 aliphatic rings. The first kappa shape index (κ1) is 24.4. The number of benzene rings is 2. The SMILES string of the molecule is CCCn1c(CCCc2ccc(OC(C)(C)C(=O)O)cc2)cn(CCc2ccccc2)c1=O. The summed E-state index contributed by atoms with van der Waals surface area (Å²) in [4.78, 5) is 24.1. The van der Waals surface area contributed by atoms with E-state index in [2.05, 4.69) is 19.1 Å². The van der Waals surface area contributed by atoms with Gasteiger partial charge in [0.15, 0.2) is 5.60 Å². The third-order valence-electron chi connectivity index (χ3n) is 5.77. The number of nitrogens with zero attached hydrogens (tertiary/aromatic N) is 2. The number of aryl methyl sites for hydroxylation is 4. The van der Waals surface area contributed by atoms with Crippen molar-refractivity contribution in [1.29, 1.82) is 0 Å². The van der Waals surface area contributed by atoms with Gasteiger partial charge in [-0.1, -0.05) is 49.4 Å². The van der Waals surface area contributed by atoms with Gasteiger partial charge in [0.05, 0.1) is 0 Å². The zero-order chi connectivity index (χ0) is 23.8. The lowest BCUT2D eigenvalue weighted by atomic mass is 10.1. The van der Waals surface area contributed by atoms with Crippen LogP contribution in [0.25, 0.3) is 0 Å². The molecule has 6 nitrogen and oxygen atoms in total. The molecule has 3 rings (SSSR count). The van der Waals surface area contributed by atoms with E-state index in [0.29, 0.717) is 12.3 Å². The molecular weight excluding hydrogens is 416 g/mol. The lowest BCUT2D eigenvalue weighted by Crippen LogP contribution is -2.37. The third kappa shape index (κ3) is 6.60. The van der Waals surface area contributed by atoms with E-state index in [4.69, 9.17) is 4.74 Å². The van der Waals surface area contributed by atoms with E-state index in [-0.39, 0.29) is 5.69 Å². The number of carboxylic acids is 1. The van der Waals surface area contributed by atoms with Gasteiger partial charge in [0, 0.05) is 25.0 Å². The van der Waals surface area contributed by atoms with Gasteiger partial charge in [0.2, 0.25) is 0 Å². The highest BCUT2D eigenvalue weighted by Crippen LogP contribution is 2.20. The van der Waals surface area contributed by atoms with Crippen molar-refractivity contribution in [3.8, 4) is 5.75 Å². The molecule has 0 fully saturated rings. The monoisotopic (exact) mass is 450 g/mol. The normalized spacial score (nSPS) is 11.5. The smallest absolute Gasteiger partial charge is 0.347 e. The second-order valence-electron chi connectivity index (χ2n) is 8.90. The number of hydrogen-bond donors (Lipinski definition) is 1. The van der Waals surface area contributed by atoms with Gasteiger partial charge in [-0.3, -0.25) is 9.13 Å². The highest BCUT2D eigenvalue weighted by Gasteiger charge is 2.29.